The van der Waals surface area contributed by atoms with Gasteiger partial charge in [0.1, 0.15) is 17.8 Å². The zero-order valence-electron chi connectivity index (χ0n) is 22.5. The molecular formula is C27H27F2N7O6. The van der Waals surface area contributed by atoms with Gasteiger partial charge in [-0.2, -0.15) is 0 Å². The Hall–Kier alpha value is -5.08. The number of anilines is 2. The molecule has 4 amide bonds. The van der Waals surface area contributed by atoms with Crippen molar-refractivity contribution in [3.8, 4) is 0 Å². The fraction of sp³-hybridized carbons (Fsp3) is 0.333. The molecule has 5 rings (SSSR count). The number of rotatable bonds is 8. The lowest BCUT2D eigenvalue weighted by molar-refractivity contribution is -0.133. The highest BCUT2D eigenvalue weighted by Gasteiger charge is 2.35. The lowest BCUT2D eigenvalue weighted by Crippen LogP contribution is -2.54. The molecule has 2 N–H and O–H groups in total. The molecule has 13 nitrogen and oxygen atoms in total. The summed E-state index contributed by atoms with van der Waals surface area (Å²) in [5.41, 5.74) is 0.0192. The first-order valence-electron chi connectivity index (χ1n) is 13.1. The Kier molecular flexibility index (Phi) is 8.26. The topological polar surface area (TPSA) is 150 Å². The monoisotopic (exact) mass is 583 g/mol. The molecule has 0 radical (unpaired) electrons. The van der Waals surface area contributed by atoms with E-state index in [1.807, 2.05) is 0 Å². The largest absolute Gasteiger partial charge is 0.442 e. The van der Waals surface area contributed by atoms with Crippen LogP contribution in [0.25, 0.3) is 0 Å². The van der Waals surface area contributed by atoms with Crippen molar-refractivity contribution in [3.63, 3.8) is 0 Å². The van der Waals surface area contributed by atoms with E-state index in [0.29, 0.717) is 5.56 Å². The van der Waals surface area contributed by atoms with Crippen LogP contribution in [0.3, 0.4) is 0 Å². The summed E-state index contributed by atoms with van der Waals surface area (Å²) in [5.74, 6) is -3.07. The van der Waals surface area contributed by atoms with Gasteiger partial charge in [-0.05, 0) is 19.1 Å². The number of nitrogens with one attached hydrogen (secondary N) is 2. The summed E-state index contributed by atoms with van der Waals surface area (Å²) < 4.78 is 40.4. The van der Waals surface area contributed by atoms with Gasteiger partial charge in [0.25, 0.3) is 11.8 Å². The smallest absolute Gasteiger partial charge is 0.414 e. The van der Waals surface area contributed by atoms with Crippen molar-refractivity contribution in [2.75, 3.05) is 49.1 Å². The number of hydrogen-bond donors (Lipinski definition) is 2. The Morgan fingerprint density at radius 3 is 2.45 bits per heavy atom. The molecule has 0 saturated carbocycles. The molecule has 0 spiro atoms. The Morgan fingerprint density at radius 1 is 1.07 bits per heavy atom. The zero-order valence-corrected chi connectivity index (χ0v) is 22.5. The highest BCUT2D eigenvalue weighted by molar-refractivity contribution is 5.97. The number of aromatic nitrogens is 2. The van der Waals surface area contributed by atoms with Gasteiger partial charge in [-0.15, -0.1) is 0 Å². The molecule has 0 bridgehead atoms. The van der Waals surface area contributed by atoms with Crippen molar-refractivity contribution in [3.05, 3.63) is 71.9 Å². The predicted octanol–water partition coefficient (Wildman–Crippen LogP) is 1.57. The molecule has 1 aromatic carbocycles. The number of cyclic esters (lactones) is 1. The molecular weight excluding hydrogens is 556 g/mol. The van der Waals surface area contributed by atoms with Crippen LogP contribution in [-0.2, 0) is 9.53 Å². The van der Waals surface area contributed by atoms with E-state index in [4.69, 9.17) is 9.26 Å². The Bertz CT molecular complexity index is 1440. The third-order valence-corrected chi connectivity index (χ3v) is 6.89. The van der Waals surface area contributed by atoms with Crippen LogP contribution >= 0.6 is 0 Å². The van der Waals surface area contributed by atoms with E-state index in [-0.39, 0.29) is 62.3 Å². The molecule has 2 unspecified atom stereocenters. The molecule has 2 aliphatic rings. The van der Waals surface area contributed by atoms with E-state index in [1.165, 1.54) is 34.5 Å². The Labute approximate surface area is 238 Å². The SMILES string of the molecule is CC(NC(=O)c1cccnc1)C(=O)N1CCN(c2c(F)cc(N3CC(CNC(=O)c4ccno4)OC3=O)cc2F)CC1. The summed E-state index contributed by atoms with van der Waals surface area (Å²) in [5, 5.41) is 8.63. The molecule has 2 aliphatic heterocycles. The second kappa shape index (κ2) is 12.2. The number of ether oxygens (including phenoxy) is 1. The minimum atomic E-state index is -0.878. The van der Waals surface area contributed by atoms with Gasteiger partial charge in [0, 0.05) is 56.8 Å². The van der Waals surface area contributed by atoms with Crippen LogP contribution in [0.4, 0.5) is 25.0 Å². The van der Waals surface area contributed by atoms with Gasteiger partial charge >= 0.3 is 6.09 Å². The minimum Gasteiger partial charge on any atom is -0.442 e. The number of carbonyl (C=O) groups is 4. The molecule has 4 heterocycles. The van der Waals surface area contributed by atoms with E-state index in [9.17, 15) is 19.2 Å². The van der Waals surface area contributed by atoms with E-state index in [0.717, 1.165) is 17.0 Å². The summed E-state index contributed by atoms with van der Waals surface area (Å²) in [6.07, 6.45) is 2.68. The molecule has 220 valence electrons. The lowest BCUT2D eigenvalue weighted by atomic mass is 10.1. The van der Waals surface area contributed by atoms with Gasteiger partial charge in [-0.1, -0.05) is 5.16 Å². The Balaban J connectivity index is 1.16. The number of halogens is 2. The number of carbonyl (C=O) groups excluding carboxylic acids is 4. The Morgan fingerprint density at radius 2 is 1.81 bits per heavy atom. The van der Waals surface area contributed by atoms with Crippen molar-refractivity contribution >= 4 is 35.2 Å². The summed E-state index contributed by atoms with van der Waals surface area (Å²) in [7, 11) is 0. The number of hydrogen-bond acceptors (Lipinski definition) is 9. The van der Waals surface area contributed by atoms with Crippen molar-refractivity contribution in [1.29, 1.82) is 0 Å². The van der Waals surface area contributed by atoms with E-state index in [1.54, 1.807) is 19.1 Å². The second-order valence-electron chi connectivity index (χ2n) is 9.71. The van der Waals surface area contributed by atoms with Crippen LogP contribution in [0.2, 0.25) is 0 Å². The molecule has 2 atom stereocenters. The minimum absolute atomic E-state index is 0.0109. The van der Waals surface area contributed by atoms with Crippen molar-refractivity contribution in [1.82, 2.24) is 25.7 Å². The molecule has 2 saturated heterocycles. The number of benzene rings is 1. The van der Waals surface area contributed by atoms with Crippen LogP contribution in [0, 0.1) is 11.6 Å². The molecule has 2 aromatic heterocycles. The average molecular weight is 584 g/mol. The number of amides is 4. The van der Waals surface area contributed by atoms with Crippen LogP contribution in [0.15, 0.2) is 53.4 Å². The molecule has 42 heavy (non-hydrogen) atoms. The summed E-state index contributed by atoms with van der Waals surface area (Å²) >= 11 is 0. The molecule has 2 fully saturated rings. The fourth-order valence-corrected chi connectivity index (χ4v) is 4.74. The summed E-state index contributed by atoms with van der Waals surface area (Å²) in [6.45, 7) is 2.17. The van der Waals surface area contributed by atoms with Crippen LogP contribution in [0.1, 0.15) is 27.8 Å². The molecule has 3 aromatic rings. The van der Waals surface area contributed by atoms with Gasteiger partial charge in [-0.25, -0.2) is 13.6 Å². The highest BCUT2D eigenvalue weighted by atomic mass is 19.1. The van der Waals surface area contributed by atoms with Crippen molar-refractivity contribution < 1.29 is 37.2 Å². The van der Waals surface area contributed by atoms with Crippen molar-refractivity contribution in [2.45, 2.75) is 19.1 Å². The van der Waals surface area contributed by atoms with Crippen LogP contribution in [0.5, 0.6) is 0 Å². The fourth-order valence-electron chi connectivity index (χ4n) is 4.74. The van der Waals surface area contributed by atoms with Crippen molar-refractivity contribution in [2.24, 2.45) is 0 Å². The van der Waals surface area contributed by atoms with Crippen LogP contribution < -0.4 is 20.4 Å². The zero-order chi connectivity index (χ0) is 29.8. The normalized spacial score (nSPS) is 17.5. The second-order valence-corrected chi connectivity index (χ2v) is 9.71. The maximum atomic E-state index is 15.2. The first kappa shape index (κ1) is 28.4. The van der Waals surface area contributed by atoms with Gasteiger partial charge in [-0.3, -0.25) is 24.3 Å². The number of piperazine rings is 1. The number of nitrogens with zero attached hydrogens (tertiary/aromatic N) is 5. The van der Waals surface area contributed by atoms with E-state index in [2.05, 4.69) is 20.8 Å². The van der Waals surface area contributed by atoms with E-state index < -0.39 is 41.7 Å². The van der Waals surface area contributed by atoms with Gasteiger partial charge in [0.15, 0.2) is 11.6 Å². The third kappa shape index (κ3) is 6.14. The predicted molar refractivity (Wildman–Crippen MR) is 143 cm³/mol. The average Bonchev–Trinajstić information content (AvgIpc) is 3.66. The summed E-state index contributed by atoms with van der Waals surface area (Å²) in [4.78, 5) is 57.6. The maximum absolute atomic E-state index is 15.2. The quantitative estimate of drug-likeness (QED) is 0.403. The summed E-state index contributed by atoms with van der Waals surface area (Å²) in [6, 6.07) is 5.85. The molecule has 0 aliphatic carbocycles. The van der Waals surface area contributed by atoms with Crippen LogP contribution in [-0.4, -0.2) is 90.3 Å². The lowest BCUT2D eigenvalue weighted by Gasteiger charge is -2.37. The standard InChI is InChI=1S/C27H27F2N7O6/c1-16(33-24(37)17-3-2-5-30-13-17)26(39)35-9-7-34(8-10-35)23-20(28)11-18(12-21(23)29)36-15-19(41-27(36)40)14-31-25(38)22-4-6-32-42-22/h2-6,11-13,16,19H,7-10,14-15H2,1H3,(H,31,38)(H,33,37). The van der Waals surface area contributed by atoms with E-state index >= 15 is 8.78 Å². The number of pyridine rings is 1. The molecule has 15 heteroatoms. The third-order valence-electron chi connectivity index (χ3n) is 6.89. The van der Waals surface area contributed by atoms with Gasteiger partial charge in [0.05, 0.1) is 30.5 Å². The van der Waals surface area contributed by atoms with Gasteiger partial charge in [0.2, 0.25) is 11.7 Å². The highest BCUT2D eigenvalue weighted by Crippen LogP contribution is 2.31. The maximum Gasteiger partial charge on any atom is 0.414 e. The first-order chi connectivity index (χ1) is 20.2. The first-order valence-corrected chi connectivity index (χ1v) is 13.1. The van der Waals surface area contributed by atoms with Gasteiger partial charge < -0.3 is 29.7 Å².